The normalized spacial score (nSPS) is 16.8. The molecule has 0 aliphatic heterocycles. The Hall–Kier alpha value is -0.0900. The van der Waals surface area contributed by atoms with E-state index in [1.165, 1.54) is 0 Å². The summed E-state index contributed by atoms with van der Waals surface area (Å²) in [6.45, 7) is 0. The van der Waals surface area contributed by atoms with Gasteiger partial charge in [0.2, 0.25) is 0 Å². The van der Waals surface area contributed by atoms with Gasteiger partial charge in [-0.3, -0.25) is 0 Å². The van der Waals surface area contributed by atoms with Crippen molar-refractivity contribution in [2.75, 3.05) is 0 Å². The maximum atomic E-state index is 12.4. The van der Waals surface area contributed by atoms with Gasteiger partial charge in [-0.2, -0.15) is 13.2 Å². The molecule has 12 heavy (non-hydrogen) atoms. The Kier molecular flexibility index (Phi) is 3.72. The van der Waals surface area contributed by atoms with Gasteiger partial charge in [0.25, 0.3) is 0 Å². The Balaban J connectivity index is 4.14. The van der Waals surface area contributed by atoms with Crippen LogP contribution in [0.25, 0.3) is 0 Å². The van der Waals surface area contributed by atoms with Gasteiger partial charge < -0.3 is 0 Å². The second-order valence-electron chi connectivity index (χ2n) is 1.40. The highest BCUT2D eigenvalue weighted by molar-refractivity contribution is 9.12. The standard InChI is InChI=1S/C2Br2F3NO4/c3-1(5,6)2(4,7)11-12-8(9)10. The molecule has 1 unspecified atom stereocenters. The highest BCUT2D eigenvalue weighted by Crippen LogP contribution is 2.43. The highest BCUT2D eigenvalue weighted by Gasteiger charge is 2.54. The Bertz CT molecular complexity index is 182. The predicted octanol–water partition coefficient (Wildman–Crippen LogP) is 2.13. The molecule has 0 radical (unpaired) electrons. The van der Waals surface area contributed by atoms with Crippen molar-refractivity contribution in [3.05, 3.63) is 10.1 Å². The quantitative estimate of drug-likeness (QED) is 0.345. The van der Waals surface area contributed by atoms with Crippen LogP contribution in [0.1, 0.15) is 0 Å². The van der Waals surface area contributed by atoms with Crippen molar-refractivity contribution in [1.82, 2.24) is 0 Å². The first-order valence-electron chi connectivity index (χ1n) is 2.11. The van der Waals surface area contributed by atoms with Crippen LogP contribution >= 0.6 is 31.9 Å². The summed E-state index contributed by atoms with van der Waals surface area (Å²) >= 11 is 3.28. The Morgan fingerprint density at radius 1 is 1.33 bits per heavy atom. The van der Waals surface area contributed by atoms with Gasteiger partial charge in [-0.1, -0.05) is 0 Å². The van der Waals surface area contributed by atoms with Crippen LogP contribution in [0.2, 0.25) is 0 Å². The molecule has 0 saturated carbocycles. The van der Waals surface area contributed by atoms with E-state index >= 15 is 0 Å². The van der Waals surface area contributed by atoms with Gasteiger partial charge in [0.15, 0.2) is 0 Å². The summed E-state index contributed by atoms with van der Waals surface area (Å²) in [5, 5.41) is 7.79. The zero-order valence-electron chi connectivity index (χ0n) is 4.97. The number of alkyl halides is 5. The largest absolute Gasteiger partial charge is 0.371 e. The maximum Gasteiger partial charge on any atom is 0.371 e. The predicted molar refractivity (Wildman–Crippen MR) is 35.8 cm³/mol. The van der Waals surface area contributed by atoms with Crippen molar-refractivity contribution < 1.29 is 28.1 Å². The molecule has 0 aromatic heterocycles. The summed E-state index contributed by atoms with van der Waals surface area (Å²) in [7, 11) is 0. The first-order chi connectivity index (χ1) is 5.17. The number of halogens is 5. The minimum atomic E-state index is -4.16. The molecule has 5 nitrogen and oxygen atoms in total. The van der Waals surface area contributed by atoms with Gasteiger partial charge in [0.1, 0.15) is 0 Å². The highest BCUT2D eigenvalue weighted by atomic mass is 79.9. The topological polar surface area (TPSA) is 61.6 Å². The molecule has 10 heteroatoms. The fourth-order valence-corrected chi connectivity index (χ4v) is 0.250. The fourth-order valence-electron chi connectivity index (χ4n) is 0.124. The van der Waals surface area contributed by atoms with Crippen molar-refractivity contribution in [3.8, 4) is 0 Å². The molecule has 0 fully saturated rings. The Morgan fingerprint density at radius 2 is 1.75 bits per heavy atom. The molecule has 1 atom stereocenters. The van der Waals surface area contributed by atoms with E-state index in [0.29, 0.717) is 0 Å². The second-order valence-corrected chi connectivity index (χ2v) is 3.41. The molecule has 0 aromatic carbocycles. The average Bonchev–Trinajstić information content (AvgIpc) is 1.81. The minimum Gasteiger partial charge on any atom is -0.188 e. The molecule has 0 heterocycles. The van der Waals surface area contributed by atoms with E-state index in [1.807, 2.05) is 0 Å². The van der Waals surface area contributed by atoms with Crippen LogP contribution in [-0.2, 0) is 9.88 Å². The Morgan fingerprint density at radius 3 is 2.00 bits per heavy atom. The molecule has 0 bridgehead atoms. The molecule has 0 rings (SSSR count). The van der Waals surface area contributed by atoms with Crippen molar-refractivity contribution >= 4 is 31.9 Å². The second kappa shape index (κ2) is 3.75. The first-order valence-corrected chi connectivity index (χ1v) is 3.70. The third-order valence-electron chi connectivity index (χ3n) is 0.533. The molecule has 0 N–H and O–H groups in total. The van der Waals surface area contributed by atoms with E-state index in [1.54, 1.807) is 31.9 Å². The third-order valence-corrected chi connectivity index (χ3v) is 2.20. The zero-order chi connectivity index (χ0) is 9.99. The van der Waals surface area contributed by atoms with E-state index in [0.717, 1.165) is 0 Å². The van der Waals surface area contributed by atoms with Crippen LogP contribution < -0.4 is 0 Å². The summed E-state index contributed by atoms with van der Waals surface area (Å²) in [6.07, 6.45) is 0. The van der Waals surface area contributed by atoms with E-state index in [9.17, 15) is 23.3 Å². The molecular weight excluding hydrogens is 319 g/mol. The van der Waals surface area contributed by atoms with E-state index in [-0.39, 0.29) is 0 Å². The van der Waals surface area contributed by atoms with Crippen molar-refractivity contribution in [2.45, 2.75) is 9.60 Å². The van der Waals surface area contributed by atoms with Gasteiger partial charge in [-0.25, -0.2) is 0 Å². The summed E-state index contributed by atoms with van der Waals surface area (Å²) in [5.41, 5.74) is 0. The molecule has 0 amide bonds. The minimum absolute atomic E-state index is 1.57. The molecule has 0 spiro atoms. The lowest BCUT2D eigenvalue weighted by molar-refractivity contribution is -0.860. The van der Waals surface area contributed by atoms with Crippen molar-refractivity contribution in [2.24, 2.45) is 0 Å². The van der Waals surface area contributed by atoms with Crippen LogP contribution in [0, 0.1) is 10.1 Å². The van der Waals surface area contributed by atoms with Crippen LogP contribution in [0.15, 0.2) is 0 Å². The Labute approximate surface area is 80.1 Å². The summed E-state index contributed by atoms with van der Waals surface area (Å²) in [6, 6.07) is 0. The summed E-state index contributed by atoms with van der Waals surface area (Å²) < 4.78 is 32.7. The summed E-state index contributed by atoms with van der Waals surface area (Å²) in [4.78, 5) is 11.3. The molecule has 72 valence electrons. The van der Waals surface area contributed by atoms with Crippen LogP contribution in [-0.4, -0.2) is 14.7 Å². The number of hydrogen-bond acceptors (Lipinski definition) is 4. The number of rotatable bonds is 4. The van der Waals surface area contributed by atoms with Crippen LogP contribution in [0.3, 0.4) is 0 Å². The lowest BCUT2D eigenvalue weighted by Gasteiger charge is -2.20. The van der Waals surface area contributed by atoms with Crippen LogP contribution in [0.5, 0.6) is 0 Å². The fraction of sp³-hybridized carbons (Fsp3) is 1.00. The lowest BCUT2D eigenvalue weighted by Crippen LogP contribution is -2.36. The van der Waals surface area contributed by atoms with Crippen molar-refractivity contribution in [1.29, 1.82) is 0 Å². The van der Waals surface area contributed by atoms with Gasteiger partial charge in [-0.05, 0) is 31.9 Å². The average molecular weight is 319 g/mol. The third kappa shape index (κ3) is 3.54. The van der Waals surface area contributed by atoms with Gasteiger partial charge in [0.05, 0.1) is 0 Å². The van der Waals surface area contributed by atoms with Gasteiger partial charge >= 0.3 is 14.7 Å². The van der Waals surface area contributed by atoms with E-state index in [4.69, 9.17) is 0 Å². The smallest absolute Gasteiger partial charge is 0.188 e. The molecular formula is C2Br2F3NO4. The van der Waals surface area contributed by atoms with Gasteiger partial charge in [0, 0.05) is 0 Å². The first kappa shape index (κ1) is 11.9. The maximum absolute atomic E-state index is 12.4. The zero-order valence-corrected chi connectivity index (χ0v) is 8.14. The monoisotopic (exact) mass is 317 g/mol. The molecule has 0 saturated heterocycles. The summed E-state index contributed by atoms with van der Waals surface area (Å²) in [5.74, 6) is 0. The lowest BCUT2D eigenvalue weighted by atomic mass is 10.7. The molecule has 0 aliphatic rings. The number of hydrogen-bond donors (Lipinski definition) is 0. The van der Waals surface area contributed by atoms with Gasteiger partial charge in [-0.15, -0.1) is 20.0 Å². The van der Waals surface area contributed by atoms with E-state index in [2.05, 4.69) is 9.88 Å². The van der Waals surface area contributed by atoms with Crippen molar-refractivity contribution in [3.63, 3.8) is 0 Å². The van der Waals surface area contributed by atoms with Crippen LogP contribution in [0.4, 0.5) is 13.2 Å². The molecule has 0 aliphatic carbocycles. The van der Waals surface area contributed by atoms with E-state index < -0.39 is 14.7 Å². The SMILES string of the molecule is O=[N+]([O-])OOC(F)(Br)C(F)(F)Br. The number of nitrogens with zero attached hydrogens (tertiary/aromatic N) is 1. The molecule has 0 aromatic rings.